The van der Waals surface area contributed by atoms with Crippen LogP contribution < -0.4 is 0 Å². The molecule has 0 bridgehead atoms. The van der Waals surface area contributed by atoms with Crippen molar-refractivity contribution in [1.82, 2.24) is 9.67 Å². The Labute approximate surface area is 231 Å². The average molecular weight is 562 g/mol. The zero-order valence-electron chi connectivity index (χ0n) is 21.8. The molecule has 0 spiro atoms. The van der Waals surface area contributed by atoms with Crippen LogP contribution in [0.15, 0.2) is 25.3 Å². The molecule has 10 nitrogen and oxygen atoms in total. The predicted molar refractivity (Wildman–Crippen MR) is 146 cm³/mol. The quantitative estimate of drug-likeness (QED) is 0.171. The average Bonchev–Trinajstić information content (AvgIpc) is 3.66. The second-order valence-electron chi connectivity index (χ2n) is 8.72. The summed E-state index contributed by atoms with van der Waals surface area (Å²) in [5.74, 6) is 0. The van der Waals surface area contributed by atoms with Crippen LogP contribution >= 0.6 is 17.1 Å². The summed E-state index contributed by atoms with van der Waals surface area (Å²) in [6, 6.07) is -0.575. The fraction of sp³-hybridized carbons (Fsp3) is 0.667. The fourth-order valence-electron chi connectivity index (χ4n) is 4.17. The standard InChI is InChI=1S/2C12H17BNO4P/c2*1-4-9-8-14(15-6-3)19(17-9)18-11-7-12(13)16-10(11)5-2/h2*3-4,9-12H,1,5,7-8H2,2H3/t2*9?,10-,11?,12?,19?/m11/s1. The van der Waals surface area contributed by atoms with Crippen molar-refractivity contribution in [3.05, 3.63) is 25.3 Å². The molecule has 4 rings (SSSR count). The number of hydroxylamine groups is 2. The SMILES string of the molecule is [B]C1CC(OP2OC(C=C)CN2OC#C)[C@@H](CC)O1.[B]C1CC(OP2OC(C=C)CN2OC#C)[C@@H](CC)O1. The Hall–Kier alpha value is -1.13. The lowest BCUT2D eigenvalue weighted by Gasteiger charge is -2.23. The molecule has 4 aliphatic rings. The third-order valence-electron chi connectivity index (χ3n) is 6.04. The van der Waals surface area contributed by atoms with Crippen LogP contribution in [-0.2, 0) is 37.2 Å². The summed E-state index contributed by atoms with van der Waals surface area (Å²) < 4.78 is 34.4. The van der Waals surface area contributed by atoms with Gasteiger partial charge in [0.25, 0.3) is 17.1 Å². The van der Waals surface area contributed by atoms with E-state index in [4.69, 9.17) is 65.8 Å². The zero-order chi connectivity index (χ0) is 27.7. The van der Waals surface area contributed by atoms with Gasteiger partial charge in [0.15, 0.2) is 0 Å². The van der Waals surface area contributed by atoms with E-state index in [0.717, 1.165) is 12.8 Å². The first-order valence-corrected chi connectivity index (χ1v) is 14.8. The van der Waals surface area contributed by atoms with Gasteiger partial charge < -0.3 is 37.2 Å². The molecule has 204 valence electrons. The first-order chi connectivity index (χ1) is 18.3. The zero-order valence-corrected chi connectivity index (χ0v) is 23.6. The van der Waals surface area contributed by atoms with Crippen molar-refractivity contribution in [1.29, 1.82) is 0 Å². The minimum absolute atomic E-state index is 0.0171. The summed E-state index contributed by atoms with van der Waals surface area (Å²) in [4.78, 5) is 13.2. The third kappa shape index (κ3) is 8.43. The van der Waals surface area contributed by atoms with E-state index in [1.807, 2.05) is 13.8 Å². The van der Waals surface area contributed by atoms with E-state index in [0.29, 0.717) is 25.9 Å². The minimum Gasteiger partial charge on any atom is -0.382 e. The fourth-order valence-corrected chi connectivity index (χ4v) is 7.18. The first-order valence-electron chi connectivity index (χ1n) is 12.5. The normalized spacial score (nSPS) is 39.1. The third-order valence-corrected chi connectivity index (χ3v) is 9.07. The number of hydrogen-bond acceptors (Lipinski definition) is 10. The van der Waals surface area contributed by atoms with Gasteiger partial charge in [-0.3, -0.25) is 0 Å². The number of terminal acetylenes is 2. The minimum atomic E-state index is -1.36. The van der Waals surface area contributed by atoms with Gasteiger partial charge >= 0.3 is 0 Å². The molecule has 4 saturated heterocycles. The summed E-state index contributed by atoms with van der Waals surface area (Å²) in [5, 5.41) is 0. The molecular formula is C24H34B2N2O8P2. The van der Waals surface area contributed by atoms with Gasteiger partial charge in [0, 0.05) is 12.0 Å². The van der Waals surface area contributed by atoms with E-state index in [1.165, 1.54) is 9.67 Å². The summed E-state index contributed by atoms with van der Waals surface area (Å²) in [6.45, 7) is 12.5. The highest BCUT2D eigenvalue weighted by atomic mass is 31.2. The van der Waals surface area contributed by atoms with Crippen LogP contribution in [0.4, 0.5) is 0 Å². The molecule has 0 aromatic rings. The van der Waals surface area contributed by atoms with Crippen molar-refractivity contribution in [3.8, 4) is 25.1 Å². The van der Waals surface area contributed by atoms with Crippen molar-refractivity contribution in [3.63, 3.8) is 0 Å². The molecule has 8 unspecified atom stereocenters. The van der Waals surface area contributed by atoms with Crippen LogP contribution in [0.1, 0.15) is 39.5 Å². The molecule has 0 aromatic heterocycles. The van der Waals surface area contributed by atoms with Crippen molar-refractivity contribution in [2.45, 2.75) is 88.2 Å². The summed E-state index contributed by atoms with van der Waals surface area (Å²) in [7, 11) is 8.85. The van der Waals surface area contributed by atoms with Gasteiger partial charge in [-0.05, 0) is 25.7 Å². The monoisotopic (exact) mass is 562 g/mol. The first kappa shape index (κ1) is 31.4. The van der Waals surface area contributed by atoms with Crippen LogP contribution in [0.5, 0.6) is 0 Å². The van der Waals surface area contributed by atoms with E-state index in [1.54, 1.807) is 12.2 Å². The van der Waals surface area contributed by atoms with E-state index >= 15 is 0 Å². The molecule has 0 saturated carbocycles. The van der Waals surface area contributed by atoms with Gasteiger partial charge in [0.2, 0.25) is 0 Å². The molecule has 10 atom stereocenters. The Bertz CT molecular complexity index is 796. The molecular weight excluding hydrogens is 528 g/mol. The van der Waals surface area contributed by atoms with Crippen LogP contribution in [0.25, 0.3) is 0 Å². The van der Waals surface area contributed by atoms with Gasteiger partial charge in [-0.1, -0.05) is 48.5 Å². The largest absolute Gasteiger partial charge is 0.382 e. The van der Waals surface area contributed by atoms with Gasteiger partial charge in [0.1, 0.15) is 40.1 Å². The molecule has 4 radical (unpaired) electrons. The van der Waals surface area contributed by atoms with Crippen LogP contribution in [0, 0.1) is 25.1 Å². The van der Waals surface area contributed by atoms with Gasteiger partial charge in [0.05, 0.1) is 37.5 Å². The Morgan fingerprint density at radius 1 is 0.842 bits per heavy atom. The highest BCUT2D eigenvalue weighted by Crippen LogP contribution is 2.53. The highest BCUT2D eigenvalue weighted by molar-refractivity contribution is 7.45. The van der Waals surface area contributed by atoms with Gasteiger partial charge in [-0.15, -0.1) is 13.2 Å². The Morgan fingerprint density at radius 3 is 1.55 bits per heavy atom. The lowest BCUT2D eigenvalue weighted by molar-refractivity contribution is -0.00961. The van der Waals surface area contributed by atoms with E-state index < -0.39 is 17.1 Å². The molecule has 4 fully saturated rings. The van der Waals surface area contributed by atoms with Gasteiger partial charge in [-0.2, -0.15) is 0 Å². The maximum absolute atomic E-state index is 5.94. The Kier molecular flexibility index (Phi) is 12.9. The van der Waals surface area contributed by atoms with Crippen molar-refractivity contribution in [2.24, 2.45) is 0 Å². The maximum Gasteiger partial charge on any atom is 0.296 e. The molecule has 0 aliphatic carbocycles. The number of ether oxygens (including phenoxy) is 2. The van der Waals surface area contributed by atoms with Gasteiger partial charge in [-0.25, -0.2) is 0 Å². The molecule has 4 aliphatic heterocycles. The topological polar surface area (TPSA) is 80.3 Å². The second-order valence-corrected chi connectivity index (χ2v) is 11.4. The van der Waals surface area contributed by atoms with E-state index in [-0.39, 0.29) is 48.6 Å². The van der Waals surface area contributed by atoms with E-state index in [9.17, 15) is 0 Å². The smallest absolute Gasteiger partial charge is 0.296 e. The Balaban J connectivity index is 0.000000211. The highest BCUT2D eigenvalue weighted by Gasteiger charge is 2.43. The van der Waals surface area contributed by atoms with Crippen LogP contribution in [0.2, 0.25) is 0 Å². The van der Waals surface area contributed by atoms with Crippen molar-refractivity contribution < 1.29 is 37.2 Å². The second kappa shape index (κ2) is 15.6. The molecule has 38 heavy (non-hydrogen) atoms. The summed E-state index contributed by atoms with van der Waals surface area (Å²) in [5.41, 5.74) is 0. The molecule has 0 amide bonds. The van der Waals surface area contributed by atoms with Crippen LogP contribution in [-0.4, -0.2) is 87.1 Å². The lowest BCUT2D eigenvalue weighted by Crippen LogP contribution is -2.24. The molecule has 4 heterocycles. The summed E-state index contributed by atoms with van der Waals surface area (Å²) in [6.07, 6.45) is 20.4. The predicted octanol–water partition coefficient (Wildman–Crippen LogP) is 3.40. The molecule has 0 N–H and O–H groups in total. The Morgan fingerprint density at radius 2 is 1.24 bits per heavy atom. The number of nitrogens with zero attached hydrogens (tertiary/aromatic N) is 2. The molecule has 0 aromatic carbocycles. The van der Waals surface area contributed by atoms with Crippen molar-refractivity contribution >= 4 is 32.7 Å². The maximum atomic E-state index is 5.94. The van der Waals surface area contributed by atoms with Crippen molar-refractivity contribution in [2.75, 3.05) is 13.1 Å². The van der Waals surface area contributed by atoms with Crippen LogP contribution in [0.3, 0.4) is 0 Å². The summed E-state index contributed by atoms with van der Waals surface area (Å²) >= 11 is 0. The number of rotatable bonds is 10. The number of hydrogen-bond donors (Lipinski definition) is 0. The molecule has 14 heteroatoms. The van der Waals surface area contributed by atoms with E-state index in [2.05, 4.69) is 25.4 Å². The lowest BCUT2D eigenvalue weighted by atomic mass is 9.96.